The van der Waals surface area contributed by atoms with Crippen molar-refractivity contribution >= 4 is 40.5 Å². The second-order valence-corrected chi connectivity index (χ2v) is 7.98. The lowest BCUT2D eigenvalue weighted by atomic mass is 9.88. The van der Waals surface area contributed by atoms with Gasteiger partial charge in [-0.05, 0) is 61.0 Å². The number of nitrogens with zero attached hydrogens (tertiary/aromatic N) is 1. The Labute approximate surface area is 205 Å². The highest BCUT2D eigenvalue weighted by Crippen LogP contribution is 2.35. The number of aldehydes is 1. The van der Waals surface area contributed by atoms with Crippen LogP contribution in [-0.4, -0.2) is 35.7 Å². The normalized spacial score (nSPS) is 12.2. The average molecular weight is 484 g/mol. The van der Waals surface area contributed by atoms with Crippen molar-refractivity contribution in [1.82, 2.24) is 0 Å². The number of rotatable bonds is 5. The van der Waals surface area contributed by atoms with Crippen LogP contribution in [0.25, 0.3) is 10.8 Å². The lowest BCUT2D eigenvalue weighted by Crippen LogP contribution is -2.40. The first-order valence-electron chi connectivity index (χ1n) is 11.0. The van der Waals surface area contributed by atoms with E-state index in [1.165, 1.54) is 36.4 Å². The molecule has 0 saturated heterocycles. The molecule has 0 saturated carbocycles. The highest BCUT2D eigenvalue weighted by molar-refractivity contribution is 6.37. The Morgan fingerprint density at radius 2 is 1.47 bits per heavy atom. The summed E-state index contributed by atoms with van der Waals surface area (Å²) < 4.78 is 12.3. The number of hydrogen-bond donors (Lipinski definition) is 2. The van der Waals surface area contributed by atoms with Crippen LogP contribution in [0.1, 0.15) is 47.0 Å². The molecule has 180 valence electrons. The smallest absolute Gasteiger partial charge is 0.336 e. The van der Waals surface area contributed by atoms with Crippen LogP contribution in [0.2, 0.25) is 0 Å². The van der Waals surface area contributed by atoms with E-state index < -0.39 is 17.8 Å². The number of carbonyl (C=O) groups is 4. The van der Waals surface area contributed by atoms with Crippen molar-refractivity contribution in [3.05, 3.63) is 112 Å². The van der Waals surface area contributed by atoms with Gasteiger partial charge < -0.3 is 10.8 Å². The van der Waals surface area contributed by atoms with Gasteiger partial charge >= 0.3 is 5.97 Å². The largest absolute Gasteiger partial charge is 0.478 e. The summed E-state index contributed by atoms with van der Waals surface area (Å²) in [5.74, 6) is -2.54. The Hall–Kier alpha value is -4.69. The number of amides is 2. The maximum Gasteiger partial charge on any atom is 0.336 e. The molecular formula is C28H21FN2O5. The van der Waals surface area contributed by atoms with E-state index in [0.29, 0.717) is 18.5 Å². The summed E-state index contributed by atoms with van der Waals surface area (Å²) in [5, 5.41) is 9.75. The Morgan fingerprint density at radius 1 is 0.861 bits per heavy atom. The molecule has 4 aromatic carbocycles. The van der Waals surface area contributed by atoms with Crippen molar-refractivity contribution in [1.29, 1.82) is 0 Å². The molecule has 1 aliphatic heterocycles. The van der Waals surface area contributed by atoms with E-state index in [4.69, 9.17) is 5.73 Å². The highest BCUT2D eigenvalue weighted by Gasteiger charge is 2.35. The molecule has 0 fully saturated rings. The van der Waals surface area contributed by atoms with Gasteiger partial charge in [0, 0.05) is 27.5 Å². The van der Waals surface area contributed by atoms with Crippen molar-refractivity contribution in [2.45, 2.75) is 6.42 Å². The third kappa shape index (κ3) is 4.49. The van der Waals surface area contributed by atoms with Gasteiger partial charge in [-0.1, -0.05) is 36.4 Å². The van der Waals surface area contributed by atoms with E-state index in [2.05, 4.69) is 0 Å². The summed E-state index contributed by atoms with van der Waals surface area (Å²) in [5.41, 5.74) is 7.18. The Morgan fingerprint density at radius 3 is 2.03 bits per heavy atom. The number of hydrogen-bond acceptors (Lipinski definition) is 5. The van der Waals surface area contributed by atoms with Gasteiger partial charge in [-0.2, -0.15) is 0 Å². The minimum Gasteiger partial charge on any atom is -0.478 e. The zero-order valence-corrected chi connectivity index (χ0v) is 19.0. The van der Waals surface area contributed by atoms with Gasteiger partial charge in [-0.15, -0.1) is 0 Å². The van der Waals surface area contributed by atoms with Crippen molar-refractivity contribution in [3.8, 4) is 0 Å². The van der Waals surface area contributed by atoms with Crippen molar-refractivity contribution in [3.63, 3.8) is 0 Å². The monoisotopic (exact) mass is 484 g/mol. The summed E-state index contributed by atoms with van der Waals surface area (Å²) in [6, 6.07) is 20.4. The van der Waals surface area contributed by atoms with Crippen LogP contribution in [-0.2, 0) is 6.42 Å². The van der Waals surface area contributed by atoms with Gasteiger partial charge in [0.25, 0.3) is 11.8 Å². The summed E-state index contributed by atoms with van der Waals surface area (Å²) in [6.07, 6.45) is 1.34. The van der Waals surface area contributed by atoms with Crippen LogP contribution >= 0.6 is 0 Å². The highest BCUT2D eigenvalue weighted by atomic mass is 19.1. The van der Waals surface area contributed by atoms with Crippen LogP contribution in [0.5, 0.6) is 0 Å². The molecular weight excluding hydrogens is 463 g/mol. The van der Waals surface area contributed by atoms with Crippen LogP contribution in [0, 0.1) is 5.82 Å². The summed E-state index contributed by atoms with van der Waals surface area (Å²) in [7, 11) is 0. The number of anilines is 1. The quantitative estimate of drug-likeness (QED) is 0.319. The van der Waals surface area contributed by atoms with Crippen LogP contribution in [0.3, 0.4) is 0 Å². The van der Waals surface area contributed by atoms with E-state index in [0.717, 1.165) is 16.9 Å². The zero-order valence-electron chi connectivity index (χ0n) is 19.0. The number of nitrogens with two attached hydrogens (primary N) is 1. The van der Waals surface area contributed by atoms with Gasteiger partial charge in [0.2, 0.25) is 0 Å². The third-order valence-electron chi connectivity index (χ3n) is 5.78. The van der Waals surface area contributed by atoms with E-state index in [9.17, 15) is 28.7 Å². The van der Waals surface area contributed by atoms with E-state index >= 15 is 0 Å². The standard InChI is InChI=1S/C20H11NO5.C8H10FN/c22-10-11-6-7-13-17-14(8-9-15(16(11)17)20(25)26)19(24)21(18(13)23)12-4-2-1-3-5-12;9-8-3-1-7(2-4-8)5-6-10/h1-10H,(H,25,26);1-4H,5-6,10H2. The van der Waals surface area contributed by atoms with Gasteiger partial charge in [0.05, 0.1) is 11.3 Å². The van der Waals surface area contributed by atoms with E-state index in [1.807, 2.05) is 0 Å². The molecule has 0 aromatic heterocycles. The van der Waals surface area contributed by atoms with Gasteiger partial charge in [-0.25, -0.2) is 14.1 Å². The molecule has 0 spiro atoms. The number of aromatic carboxylic acids is 1. The maximum absolute atomic E-state index is 13.0. The number of carbonyl (C=O) groups excluding carboxylic acids is 3. The van der Waals surface area contributed by atoms with Crippen LogP contribution in [0.4, 0.5) is 10.1 Å². The Bertz CT molecular complexity index is 1460. The first-order chi connectivity index (χ1) is 17.4. The predicted octanol–water partition coefficient (Wildman–Crippen LogP) is 4.48. The molecule has 0 unspecified atom stereocenters. The lowest BCUT2D eigenvalue weighted by molar-refractivity contribution is 0.0697. The molecule has 0 atom stereocenters. The molecule has 2 amide bonds. The van der Waals surface area contributed by atoms with Crippen molar-refractivity contribution in [2.24, 2.45) is 5.73 Å². The number of imide groups is 1. The number of para-hydroxylation sites is 1. The van der Waals surface area contributed by atoms with Gasteiger partial charge in [-0.3, -0.25) is 14.4 Å². The molecule has 36 heavy (non-hydrogen) atoms. The molecule has 3 N–H and O–H groups in total. The number of carboxylic acid groups (broad SMARTS) is 1. The maximum atomic E-state index is 13.0. The summed E-state index contributed by atoms with van der Waals surface area (Å²) >= 11 is 0. The average Bonchev–Trinajstić information content (AvgIpc) is 2.89. The third-order valence-corrected chi connectivity index (χ3v) is 5.78. The minimum atomic E-state index is -1.23. The number of benzene rings is 4. The number of carboxylic acids is 1. The molecule has 8 heteroatoms. The topological polar surface area (TPSA) is 118 Å². The Kier molecular flexibility index (Phi) is 6.98. The number of halogens is 1. The van der Waals surface area contributed by atoms with Gasteiger partial charge in [0.1, 0.15) is 5.82 Å². The fourth-order valence-electron chi connectivity index (χ4n) is 4.12. The second kappa shape index (κ2) is 10.3. The molecule has 0 radical (unpaired) electrons. The van der Waals surface area contributed by atoms with Gasteiger partial charge in [0.15, 0.2) is 6.29 Å². The van der Waals surface area contributed by atoms with E-state index in [-0.39, 0.29) is 38.8 Å². The van der Waals surface area contributed by atoms with Crippen LogP contribution < -0.4 is 10.6 Å². The SMILES string of the molecule is NCCc1ccc(F)cc1.O=Cc1ccc2c3c(ccc(C(=O)O)c13)C(=O)N(c1ccccc1)C2=O. The van der Waals surface area contributed by atoms with Crippen molar-refractivity contribution in [2.75, 3.05) is 11.4 Å². The molecule has 5 rings (SSSR count). The molecule has 1 heterocycles. The van der Waals surface area contributed by atoms with E-state index in [1.54, 1.807) is 42.5 Å². The minimum absolute atomic E-state index is 0.108. The molecule has 0 bridgehead atoms. The Balaban J connectivity index is 0.000000256. The first kappa shape index (κ1) is 24.4. The second-order valence-electron chi connectivity index (χ2n) is 7.98. The first-order valence-corrected chi connectivity index (χ1v) is 11.0. The molecule has 7 nitrogen and oxygen atoms in total. The fourth-order valence-corrected chi connectivity index (χ4v) is 4.12. The fraction of sp³-hybridized carbons (Fsp3) is 0.0714. The molecule has 1 aliphatic rings. The zero-order chi connectivity index (χ0) is 25.8. The lowest BCUT2D eigenvalue weighted by Gasteiger charge is -2.28. The summed E-state index contributed by atoms with van der Waals surface area (Å²) in [6.45, 7) is 0.617. The molecule has 4 aromatic rings. The van der Waals surface area contributed by atoms with Crippen molar-refractivity contribution < 1.29 is 28.7 Å². The predicted molar refractivity (Wildman–Crippen MR) is 133 cm³/mol. The van der Waals surface area contributed by atoms with Crippen LogP contribution in [0.15, 0.2) is 78.9 Å². The molecule has 0 aliphatic carbocycles. The summed E-state index contributed by atoms with van der Waals surface area (Å²) in [4.78, 5) is 49.9.